The van der Waals surface area contributed by atoms with Crippen LogP contribution in [0, 0.1) is 6.07 Å². The Morgan fingerprint density at radius 1 is 1.03 bits per heavy atom. The molecule has 0 bridgehead atoms. The quantitative estimate of drug-likeness (QED) is 0.498. The number of ether oxygens (including phenoxy) is 3. The van der Waals surface area contributed by atoms with Crippen molar-refractivity contribution in [3.05, 3.63) is 48.5 Å². The third-order valence-electron chi connectivity index (χ3n) is 6.16. The van der Waals surface area contributed by atoms with Crippen LogP contribution in [0.2, 0.25) is 0 Å². The van der Waals surface area contributed by atoms with Crippen molar-refractivity contribution in [2.45, 2.75) is 25.3 Å². The van der Waals surface area contributed by atoms with Gasteiger partial charge < -0.3 is 24.1 Å². The van der Waals surface area contributed by atoms with E-state index in [1.165, 1.54) is 0 Å². The minimum atomic E-state index is -0.373. The van der Waals surface area contributed by atoms with Gasteiger partial charge in [-0.2, -0.15) is 10.2 Å². The molecular formula is C23H25N6O3. The highest BCUT2D eigenvalue weighted by molar-refractivity contribution is 5.80. The normalized spacial score (nSPS) is 18.3. The number of aromatic nitrogens is 5. The van der Waals surface area contributed by atoms with Crippen molar-refractivity contribution < 1.29 is 14.2 Å². The molecule has 1 saturated heterocycles. The van der Waals surface area contributed by atoms with Gasteiger partial charge in [-0.1, -0.05) is 0 Å². The van der Waals surface area contributed by atoms with Gasteiger partial charge >= 0.3 is 0 Å². The molecule has 0 amide bonds. The van der Waals surface area contributed by atoms with Crippen LogP contribution in [-0.2, 0) is 5.54 Å². The summed E-state index contributed by atoms with van der Waals surface area (Å²) in [5, 5.41) is 8.65. The van der Waals surface area contributed by atoms with Gasteiger partial charge in [-0.25, -0.2) is 4.98 Å². The molecule has 4 aromatic rings. The van der Waals surface area contributed by atoms with Crippen LogP contribution >= 0.6 is 0 Å². The summed E-state index contributed by atoms with van der Waals surface area (Å²) in [4.78, 5) is 12.4. The number of benzene rings is 2. The largest absolute Gasteiger partial charge is 0.497 e. The molecule has 0 aliphatic carbocycles. The lowest BCUT2D eigenvalue weighted by Gasteiger charge is -2.36. The monoisotopic (exact) mass is 433 g/mol. The molecule has 1 fully saturated rings. The Morgan fingerprint density at radius 3 is 2.50 bits per heavy atom. The van der Waals surface area contributed by atoms with E-state index in [1.54, 1.807) is 44.6 Å². The number of methoxy groups -OCH3 is 3. The smallest absolute Gasteiger partial charge is 0.163 e. The number of H-pyrrole nitrogens is 1. The summed E-state index contributed by atoms with van der Waals surface area (Å²) < 4.78 is 16.4. The SMILES string of the molecule is COc1c[c]c(-n2nccn2)c(N2CCC[C@@]2(C)c2nc3cc(OC)c(OC)cc3[nH]2)c1. The number of fused-ring (bicyclic) bond motifs is 1. The molecule has 0 saturated carbocycles. The third-order valence-corrected chi connectivity index (χ3v) is 6.16. The Kier molecular flexibility index (Phi) is 4.88. The Bertz CT molecular complexity index is 1210. The third kappa shape index (κ3) is 3.12. The van der Waals surface area contributed by atoms with Gasteiger partial charge in [0.15, 0.2) is 11.5 Å². The molecule has 1 aliphatic heterocycles. The maximum absolute atomic E-state index is 5.50. The summed E-state index contributed by atoms with van der Waals surface area (Å²) in [6, 6.07) is 10.9. The first-order chi connectivity index (χ1) is 15.6. The zero-order valence-corrected chi connectivity index (χ0v) is 18.5. The number of nitrogens with one attached hydrogen (secondary N) is 1. The van der Waals surface area contributed by atoms with Gasteiger partial charge in [0.05, 0.1) is 56.0 Å². The second-order valence-corrected chi connectivity index (χ2v) is 7.93. The molecule has 1 atom stereocenters. The van der Waals surface area contributed by atoms with E-state index in [9.17, 15) is 0 Å². The van der Waals surface area contributed by atoms with Crippen molar-refractivity contribution in [3.63, 3.8) is 0 Å². The molecular weight excluding hydrogens is 408 g/mol. The lowest BCUT2D eigenvalue weighted by atomic mass is 9.97. The zero-order chi connectivity index (χ0) is 22.3. The standard InChI is InChI=1S/C23H25N6O3/c1-23(22-26-16-13-20(31-3)21(32-4)14-17(16)27-22)8-5-11-28(23)19-12-15(30-2)6-7-18(19)29-24-9-10-25-29/h6,9-10,12-14H,5,8,11H2,1-4H3,(H,26,27)/t23-/m0/s1. The molecule has 9 nitrogen and oxygen atoms in total. The average molecular weight is 433 g/mol. The van der Waals surface area contributed by atoms with Crippen molar-refractivity contribution in [1.82, 2.24) is 25.0 Å². The van der Waals surface area contributed by atoms with E-state index in [1.807, 2.05) is 18.2 Å². The van der Waals surface area contributed by atoms with E-state index in [0.717, 1.165) is 53.4 Å². The summed E-state index contributed by atoms with van der Waals surface area (Å²) in [7, 11) is 4.91. The van der Waals surface area contributed by atoms with Crippen LogP contribution in [0.15, 0.2) is 36.7 Å². The molecule has 2 aromatic carbocycles. The number of hydrogen-bond donors (Lipinski definition) is 1. The fourth-order valence-corrected chi connectivity index (χ4v) is 4.46. The van der Waals surface area contributed by atoms with Crippen molar-refractivity contribution >= 4 is 16.7 Å². The van der Waals surface area contributed by atoms with E-state index in [0.29, 0.717) is 11.5 Å². The van der Waals surface area contributed by atoms with Gasteiger partial charge in [0, 0.05) is 30.8 Å². The first kappa shape index (κ1) is 20.2. The van der Waals surface area contributed by atoms with Crippen LogP contribution in [0.1, 0.15) is 25.6 Å². The van der Waals surface area contributed by atoms with Crippen molar-refractivity contribution in [2.24, 2.45) is 0 Å². The van der Waals surface area contributed by atoms with Crippen LogP contribution in [0.4, 0.5) is 5.69 Å². The second kappa shape index (κ2) is 7.74. The zero-order valence-electron chi connectivity index (χ0n) is 18.5. The summed E-state index contributed by atoms with van der Waals surface area (Å²) in [6.45, 7) is 3.06. The summed E-state index contributed by atoms with van der Waals surface area (Å²) in [5.74, 6) is 2.92. The van der Waals surface area contributed by atoms with Gasteiger partial charge in [0.25, 0.3) is 0 Å². The van der Waals surface area contributed by atoms with Crippen LogP contribution in [0.5, 0.6) is 17.2 Å². The average Bonchev–Trinajstić information content (AvgIpc) is 3.57. The number of imidazole rings is 1. The highest BCUT2D eigenvalue weighted by Gasteiger charge is 2.42. The number of nitrogens with zero attached hydrogens (tertiary/aromatic N) is 5. The first-order valence-electron chi connectivity index (χ1n) is 10.4. The summed E-state index contributed by atoms with van der Waals surface area (Å²) in [6.07, 6.45) is 5.27. The topological polar surface area (TPSA) is 90.3 Å². The lowest BCUT2D eigenvalue weighted by Crippen LogP contribution is -2.40. The molecule has 32 heavy (non-hydrogen) atoms. The maximum atomic E-state index is 5.50. The molecule has 9 heteroatoms. The predicted octanol–water partition coefficient (Wildman–Crippen LogP) is 3.49. The molecule has 0 spiro atoms. The second-order valence-electron chi connectivity index (χ2n) is 7.93. The highest BCUT2D eigenvalue weighted by Crippen LogP contribution is 2.44. The Hall–Kier alpha value is -3.75. The number of aromatic amines is 1. The minimum absolute atomic E-state index is 0.373. The molecule has 165 valence electrons. The Balaban J connectivity index is 1.63. The number of hydrogen-bond acceptors (Lipinski definition) is 7. The Morgan fingerprint density at radius 2 is 1.78 bits per heavy atom. The molecule has 1 aliphatic rings. The van der Waals surface area contributed by atoms with Crippen molar-refractivity contribution in [2.75, 3.05) is 32.8 Å². The van der Waals surface area contributed by atoms with Crippen LogP contribution in [-0.4, -0.2) is 52.8 Å². The molecule has 0 unspecified atom stereocenters. The van der Waals surface area contributed by atoms with Gasteiger partial charge in [-0.15, -0.1) is 4.80 Å². The molecule has 1 radical (unpaired) electrons. The number of anilines is 1. The molecule has 5 rings (SSSR count). The summed E-state index contributed by atoms with van der Waals surface area (Å²) in [5.41, 5.74) is 3.06. The van der Waals surface area contributed by atoms with Gasteiger partial charge in [0.2, 0.25) is 0 Å². The van der Waals surface area contributed by atoms with E-state index >= 15 is 0 Å². The van der Waals surface area contributed by atoms with Crippen molar-refractivity contribution in [1.29, 1.82) is 0 Å². The first-order valence-corrected chi connectivity index (χ1v) is 10.4. The molecule has 3 heterocycles. The summed E-state index contributed by atoms with van der Waals surface area (Å²) >= 11 is 0. The molecule has 1 N–H and O–H groups in total. The van der Waals surface area contributed by atoms with Crippen LogP contribution < -0.4 is 19.1 Å². The fraction of sp³-hybridized carbons (Fsp3) is 0.348. The van der Waals surface area contributed by atoms with E-state index in [4.69, 9.17) is 19.2 Å². The lowest BCUT2D eigenvalue weighted by molar-refractivity contribution is 0.356. The van der Waals surface area contributed by atoms with Gasteiger partial charge in [0.1, 0.15) is 17.3 Å². The Labute approximate surface area is 185 Å². The van der Waals surface area contributed by atoms with E-state index < -0.39 is 0 Å². The van der Waals surface area contributed by atoms with Crippen LogP contribution in [0.25, 0.3) is 16.7 Å². The predicted molar refractivity (Wildman–Crippen MR) is 120 cm³/mol. The minimum Gasteiger partial charge on any atom is -0.497 e. The number of rotatable bonds is 6. The molecule has 2 aromatic heterocycles. The van der Waals surface area contributed by atoms with Crippen molar-refractivity contribution in [3.8, 4) is 22.9 Å². The fourth-order valence-electron chi connectivity index (χ4n) is 4.46. The van der Waals surface area contributed by atoms with Crippen LogP contribution in [0.3, 0.4) is 0 Å². The highest BCUT2D eigenvalue weighted by atomic mass is 16.5. The van der Waals surface area contributed by atoms with E-state index in [2.05, 4.69) is 33.1 Å². The van der Waals surface area contributed by atoms with Gasteiger partial charge in [-0.3, -0.25) is 0 Å². The maximum Gasteiger partial charge on any atom is 0.163 e. The van der Waals surface area contributed by atoms with E-state index in [-0.39, 0.29) is 5.54 Å². The van der Waals surface area contributed by atoms with Gasteiger partial charge in [-0.05, 0) is 25.8 Å².